The van der Waals surface area contributed by atoms with Gasteiger partial charge in [-0.25, -0.2) is 0 Å². The van der Waals surface area contributed by atoms with Gasteiger partial charge in [0.2, 0.25) is 0 Å². The van der Waals surface area contributed by atoms with Crippen LogP contribution in [0.2, 0.25) is 0 Å². The molecule has 5 nitrogen and oxygen atoms in total. The first-order valence-electron chi connectivity index (χ1n) is 4.00. The molecule has 0 heterocycles. The van der Waals surface area contributed by atoms with E-state index in [1.54, 1.807) is 0 Å². The Labute approximate surface area is 97.3 Å². The number of phenols is 2. The zero-order valence-corrected chi connectivity index (χ0v) is 9.03. The monoisotopic (exact) mass is 249 g/mol. The summed E-state index contributed by atoms with van der Waals surface area (Å²) in [5, 5.41) is 26.6. The van der Waals surface area contributed by atoms with Crippen molar-refractivity contribution in [2.75, 3.05) is 0 Å². The fourth-order valence-corrected chi connectivity index (χ4v) is 1.04. The summed E-state index contributed by atoms with van der Waals surface area (Å²) in [5.41, 5.74) is 5.86. The van der Waals surface area contributed by atoms with Crippen molar-refractivity contribution in [2.45, 2.75) is 12.5 Å². The number of hydrogen-bond donors (Lipinski definition) is 4. The molecular weight excluding hydrogens is 238 g/mol. The smallest absolute Gasteiger partial charge is 0.320 e. The Hall–Kier alpha value is -1.22. The Morgan fingerprint density at radius 3 is 2.40 bits per heavy atom. The molecule has 0 radical (unpaired) electrons. The first-order chi connectivity index (χ1) is 6.50. The Morgan fingerprint density at radius 2 is 1.93 bits per heavy atom. The molecule has 1 aromatic carbocycles. The van der Waals surface area contributed by atoms with Gasteiger partial charge >= 0.3 is 5.97 Å². The van der Waals surface area contributed by atoms with Gasteiger partial charge in [0, 0.05) is 17.4 Å². The molecule has 0 aliphatic heterocycles. The van der Waals surface area contributed by atoms with Crippen LogP contribution in [0.3, 0.4) is 0 Å². The van der Waals surface area contributed by atoms with Crippen LogP contribution in [0, 0.1) is 0 Å². The maximum atomic E-state index is 10.4. The van der Waals surface area contributed by atoms with Gasteiger partial charge in [-0.05, 0) is 24.1 Å². The molecule has 0 aliphatic carbocycles. The predicted octanol–water partition coefficient (Wildman–Crippen LogP) is 0.0497. The number of aromatic hydroxyl groups is 2. The molecule has 0 unspecified atom stereocenters. The predicted molar refractivity (Wildman–Crippen MR) is 49.1 cm³/mol. The van der Waals surface area contributed by atoms with Crippen molar-refractivity contribution in [3.63, 3.8) is 0 Å². The van der Waals surface area contributed by atoms with Crippen molar-refractivity contribution < 1.29 is 37.5 Å². The summed E-state index contributed by atoms with van der Waals surface area (Å²) >= 11 is 0. The van der Waals surface area contributed by atoms with E-state index >= 15 is 0 Å². The molecule has 15 heavy (non-hydrogen) atoms. The average molecular weight is 249 g/mol. The largest absolute Gasteiger partial charge is 0.504 e. The number of carbonyl (C=O) groups is 1. The van der Waals surface area contributed by atoms with E-state index in [-0.39, 0.29) is 35.3 Å². The third-order valence-corrected chi connectivity index (χ3v) is 1.81. The number of rotatable bonds is 3. The quantitative estimate of drug-likeness (QED) is 0.567. The zero-order valence-electron chi connectivity index (χ0n) is 7.75. The van der Waals surface area contributed by atoms with Crippen LogP contribution in [0.1, 0.15) is 5.56 Å². The van der Waals surface area contributed by atoms with Crippen molar-refractivity contribution in [2.24, 2.45) is 5.73 Å². The molecule has 0 bridgehead atoms. The van der Waals surface area contributed by atoms with Crippen LogP contribution in [0.4, 0.5) is 0 Å². The van der Waals surface area contributed by atoms with E-state index in [9.17, 15) is 4.79 Å². The van der Waals surface area contributed by atoms with Gasteiger partial charge in [-0.3, -0.25) is 4.79 Å². The molecule has 5 N–H and O–H groups in total. The average Bonchev–Trinajstić information content (AvgIpc) is 2.11. The summed E-state index contributed by atoms with van der Waals surface area (Å²) in [6.45, 7) is 0. The standard InChI is InChI=1S/C9H11NO4.Cr/c10-6(9(13)14)3-5-1-2-7(11)8(12)4-5;/h1-2,4,6,11-12H,3,10H2,(H,13,14);/t6-;/m0./s1. The van der Waals surface area contributed by atoms with Crippen LogP contribution in [-0.4, -0.2) is 27.3 Å². The van der Waals surface area contributed by atoms with Gasteiger partial charge in [0.1, 0.15) is 6.04 Å². The van der Waals surface area contributed by atoms with Crippen LogP contribution < -0.4 is 5.73 Å². The topological polar surface area (TPSA) is 104 Å². The fraction of sp³-hybridized carbons (Fsp3) is 0.222. The van der Waals surface area contributed by atoms with E-state index in [0.29, 0.717) is 5.56 Å². The Balaban J connectivity index is 0.00000196. The molecule has 0 aromatic heterocycles. The molecule has 0 aliphatic rings. The summed E-state index contributed by atoms with van der Waals surface area (Å²) in [6.07, 6.45) is 0.114. The van der Waals surface area contributed by atoms with Crippen LogP contribution in [0.15, 0.2) is 18.2 Å². The van der Waals surface area contributed by atoms with E-state index < -0.39 is 12.0 Å². The number of nitrogens with two attached hydrogens (primary N) is 1. The van der Waals surface area contributed by atoms with Gasteiger partial charge in [-0.1, -0.05) is 6.07 Å². The molecule has 6 heteroatoms. The second kappa shape index (κ2) is 5.61. The molecule has 0 fully saturated rings. The fourth-order valence-electron chi connectivity index (χ4n) is 1.04. The third kappa shape index (κ3) is 3.80. The van der Waals surface area contributed by atoms with Crippen molar-refractivity contribution in [3.8, 4) is 11.5 Å². The van der Waals surface area contributed by atoms with Crippen LogP contribution in [0.25, 0.3) is 0 Å². The first-order valence-corrected chi connectivity index (χ1v) is 4.00. The molecular formula is C9H11CrNO4. The summed E-state index contributed by atoms with van der Waals surface area (Å²) in [4.78, 5) is 10.4. The molecule has 82 valence electrons. The number of benzene rings is 1. The van der Waals surface area contributed by atoms with Gasteiger partial charge in [0.25, 0.3) is 0 Å². The summed E-state index contributed by atoms with van der Waals surface area (Å²) < 4.78 is 0. The Bertz CT molecular complexity index is 356. The zero-order chi connectivity index (χ0) is 10.7. The molecule has 0 saturated carbocycles. The molecule has 0 spiro atoms. The number of aliphatic carboxylic acids is 1. The van der Waals surface area contributed by atoms with Crippen molar-refractivity contribution in [1.29, 1.82) is 0 Å². The van der Waals surface area contributed by atoms with E-state index in [0.717, 1.165) is 0 Å². The minimum Gasteiger partial charge on any atom is -0.504 e. The number of phenolic OH excluding ortho intramolecular Hbond substituents is 2. The van der Waals surface area contributed by atoms with E-state index in [4.69, 9.17) is 21.1 Å². The second-order valence-corrected chi connectivity index (χ2v) is 2.97. The minimum atomic E-state index is -1.10. The first kappa shape index (κ1) is 13.8. The van der Waals surface area contributed by atoms with Gasteiger partial charge in [-0.15, -0.1) is 0 Å². The summed E-state index contributed by atoms with van der Waals surface area (Å²) in [5.74, 6) is -1.62. The van der Waals surface area contributed by atoms with Crippen molar-refractivity contribution >= 4 is 5.97 Å². The second-order valence-electron chi connectivity index (χ2n) is 2.97. The molecule has 1 rings (SSSR count). The third-order valence-electron chi connectivity index (χ3n) is 1.81. The van der Waals surface area contributed by atoms with Gasteiger partial charge in [-0.2, -0.15) is 0 Å². The molecule has 1 aromatic rings. The van der Waals surface area contributed by atoms with Gasteiger partial charge in [0.15, 0.2) is 11.5 Å². The Kier molecular flexibility index (Phi) is 5.16. The normalized spacial score (nSPS) is 11.5. The van der Waals surface area contributed by atoms with Crippen LogP contribution in [-0.2, 0) is 28.6 Å². The van der Waals surface area contributed by atoms with Gasteiger partial charge < -0.3 is 21.1 Å². The maximum absolute atomic E-state index is 10.4. The van der Waals surface area contributed by atoms with Crippen LogP contribution >= 0.6 is 0 Å². The summed E-state index contributed by atoms with van der Waals surface area (Å²) in [6, 6.07) is 3.09. The minimum absolute atomic E-state index is 0. The van der Waals surface area contributed by atoms with E-state index in [1.165, 1.54) is 18.2 Å². The number of carboxylic acid groups (broad SMARTS) is 1. The molecule has 0 amide bonds. The number of carboxylic acids is 1. The van der Waals surface area contributed by atoms with E-state index in [2.05, 4.69) is 0 Å². The van der Waals surface area contributed by atoms with E-state index in [1.807, 2.05) is 0 Å². The van der Waals surface area contributed by atoms with Crippen molar-refractivity contribution in [1.82, 2.24) is 0 Å². The Morgan fingerprint density at radius 1 is 1.33 bits per heavy atom. The molecule has 0 saturated heterocycles. The molecule has 1 atom stereocenters. The number of hydrogen-bond acceptors (Lipinski definition) is 4. The van der Waals surface area contributed by atoms with Gasteiger partial charge in [0.05, 0.1) is 0 Å². The van der Waals surface area contributed by atoms with Crippen LogP contribution in [0.5, 0.6) is 11.5 Å². The SMILES string of the molecule is N[C@@H](Cc1ccc(O)c(O)c1)C(=O)O.[Cr]. The maximum Gasteiger partial charge on any atom is 0.320 e. The summed E-state index contributed by atoms with van der Waals surface area (Å²) in [7, 11) is 0. The van der Waals surface area contributed by atoms with Crippen molar-refractivity contribution in [3.05, 3.63) is 23.8 Å².